The van der Waals surface area contributed by atoms with E-state index in [9.17, 15) is 22.8 Å². The minimum Gasteiger partial charge on any atom is -0.405 e. The first kappa shape index (κ1) is 23.1. The summed E-state index contributed by atoms with van der Waals surface area (Å²) in [6.45, 7) is 2.73. The Morgan fingerprint density at radius 1 is 0.933 bits per heavy atom. The summed E-state index contributed by atoms with van der Waals surface area (Å²) >= 11 is 0. The van der Waals surface area contributed by atoms with E-state index in [0.29, 0.717) is 12.1 Å². The van der Waals surface area contributed by atoms with Gasteiger partial charge in [-0.05, 0) is 30.2 Å². The van der Waals surface area contributed by atoms with Gasteiger partial charge in [0.15, 0.2) is 0 Å². The number of unbranched alkanes of at least 4 members (excludes halogenated alkanes) is 1. The summed E-state index contributed by atoms with van der Waals surface area (Å²) in [5.74, 6) is -0.515. The van der Waals surface area contributed by atoms with Crippen molar-refractivity contribution < 1.29 is 27.5 Å². The summed E-state index contributed by atoms with van der Waals surface area (Å²) < 4.78 is 41.3. The first-order valence-electron chi connectivity index (χ1n) is 9.51. The molecular formula is C21H24F3N3O3. The molecule has 0 aliphatic carbocycles. The van der Waals surface area contributed by atoms with Crippen molar-refractivity contribution in [3.8, 4) is 5.75 Å². The minimum absolute atomic E-state index is 0.130. The summed E-state index contributed by atoms with van der Waals surface area (Å²) in [6, 6.07) is 11.8. The van der Waals surface area contributed by atoms with Gasteiger partial charge in [-0.2, -0.15) is 0 Å². The van der Waals surface area contributed by atoms with E-state index in [1.165, 1.54) is 18.2 Å². The maximum absolute atomic E-state index is 12.4. The van der Waals surface area contributed by atoms with Gasteiger partial charge in [0.1, 0.15) is 5.75 Å². The smallest absolute Gasteiger partial charge is 0.405 e. The number of rotatable bonds is 9. The van der Waals surface area contributed by atoms with Crippen LogP contribution < -0.4 is 20.7 Å². The number of halogens is 3. The quantitative estimate of drug-likeness (QED) is 0.531. The van der Waals surface area contributed by atoms with E-state index in [2.05, 4.69) is 20.7 Å². The number of para-hydroxylation sites is 1. The molecule has 0 saturated carbocycles. The predicted molar refractivity (Wildman–Crippen MR) is 106 cm³/mol. The van der Waals surface area contributed by atoms with E-state index in [1.54, 1.807) is 30.3 Å². The van der Waals surface area contributed by atoms with Gasteiger partial charge in [-0.25, -0.2) is 4.79 Å². The summed E-state index contributed by atoms with van der Waals surface area (Å²) in [4.78, 5) is 23.9. The van der Waals surface area contributed by atoms with Gasteiger partial charge in [-0.1, -0.05) is 43.7 Å². The van der Waals surface area contributed by atoms with Crippen LogP contribution in [0.2, 0.25) is 0 Å². The first-order valence-corrected chi connectivity index (χ1v) is 9.51. The molecule has 3 N–H and O–H groups in total. The standard InChI is InChI=1S/C21H24F3N3O3/c1-2-3-12-25-19(28)16-10-8-15(9-11-16)13-26-20(29)27-14-17-6-4-5-7-18(17)30-21(22,23)24/h4-11H,2-3,12-14H2,1H3,(H,25,28)(H2,26,27,29). The maximum Gasteiger partial charge on any atom is 0.573 e. The highest BCUT2D eigenvalue weighted by molar-refractivity contribution is 5.94. The van der Waals surface area contributed by atoms with Gasteiger partial charge in [-0.15, -0.1) is 13.2 Å². The van der Waals surface area contributed by atoms with Crippen LogP contribution >= 0.6 is 0 Å². The van der Waals surface area contributed by atoms with Crippen molar-refractivity contribution in [3.05, 3.63) is 65.2 Å². The van der Waals surface area contributed by atoms with Crippen LogP contribution in [0.1, 0.15) is 41.3 Å². The Kier molecular flexibility index (Phi) is 8.52. The lowest BCUT2D eigenvalue weighted by atomic mass is 10.1. The van der Waals surface area contributed by atoms with Crippen LogP contribution in [-0.4, -0.2) is 24.8 Å². The molecule has 30 heavy (non-hydrogen) atoms. The average molecular weight is 423 g/mol. The van der Waals surface area contributed by atoms with Crippen molar-refractivity contribution in [2.45, 2.75) is 39.2 Å². The summed E-state index contributed by atoms with van der Waals surface area (Å²) in [5.41, 5.74) is 1.50. The Morgan fingerprint density at radius 3 is 2.27 bits per heavy atom. The van der Waals surface area contributed by atoms with Gasteiger partial charge in [-0.3, -0.25) is 4.79 Å². The molecule has 2 aromatic rings. The molecule has 0 radical (unpaired) electrons. The summed E-state index contributed by atoms with van der Waals surface area (Å²) in [6.07, 6.45) is -2.90. The van der Waals surface area contributed by atoms with Crippen molar-refractivity contribution >= 4 is 11.9 Å². The molecule has 0 atom stereocenters. The lowest BCUT2D eigenvalue weighted by molar-refractivity contribution is -0.274. The molecule has 0 aliphatic heterocycles. The highest BCUT2D eigenvalue weighted by Crippen LogP contribution is 2.26. The molecule has 0 aromatic heterocycles. The third kappa shape index (κ3) is 8.02. The third-order valence-electron chi connectivity index (χ3n) is 4.12. The summed E-state index contributed by atoms with van der Waals surface area (Å²) in [5, 5.41) is 7.93. The van der Waals surface area contributed by atoms with E-state index in [-0.39, 0.29) is 30.3 Å². The Morgan fingerprint density at radius 2 is 1.60 bits per heavy atom. The molecular weight excluding hydrogens is 399 g/mol. The van der Waals surface area contributed by atoms with Crippen molar-refractivity contribution in [2.24, 2.45) is 0 Å². The predicted octanol–water partition coefficient (Wildman–Crippen LogP) is 4.11. The first-order chi connectivity index (χ1) is 14.3. The minimum atomic E-state index is -4.81. The lowest BCUT2D eigenvalue weighted by Gasteiger charge is -2.14. The second-order valence-corrected chi connectivity index (χ2v) is 6.50. The number of benzene rings is 2. The fourth-order valence-corrected chi connectivity index (χ4v) is 2.55. The molecule has 9 heteroatoms. The summed E-state index contributed by atoms with van der Waals surface area (Å²) in [7, 11) is 0. The topological polar surface area (TPSA) is 79.5 Å². The van der Waals surface area contributed by atoms with Crippen LogP contribution in [0.15, 0.2) is 48.5 Å². The molecule has 0 aliphatic rings. The molecule has 0 saturated heterocycles. The molecule has 2 aromatic carbocycles. The largest absolute Gasteiger partial charge is 0.573 e. The number of carbonyl (C=O) groups excluding carboxylic acids is 2. The van der Waals surface area contributed by atoms with Crippen LogP contribution in [0.3, 0.4) is 0 Å². The Labute approximate surface area is 172 Å². The fourth-order valence-electron chi connectivity index (χ4n) is 2.55. The Hall–Kier alpha value is -3.23. The number of nitrogens with one attached hydrogen (secondary N) is 3. The zero-order chi connectivity index (χ0) is 22.0. The lowest BCUT2D eigenvalue weighted by Crippen LogP contribution is -2.34. The Bertz CT molecular complexity index is 839. The zero-order valence-corrected chi connectivity index (χ0v) is 16.5. The second kappa shape index (κ2) is 11.1. The van der Waals surface area contributed by atoms with Gasteiger partial charge in [0.25, 0.3) is 5.91 Å². The molecule has 0 spiro atoms. The number of amides is 3. The third-order valence-corrected chi connectivity index (χ3v) is 4.12. The molecule has 0 heterocycles. The maximum atomic E-state index is 12.4. The van der Waals surface area contributed by atoms with Gasteiger partial charge in [0, 0.05) is 30.8 Å². The molecule has 0 fully saturated rings. The fraction of sp³-hybridized carbons (Fsp3) is 0.333. The highest BCUT2D eigenvalue weighted by Gasteiger charge is 2.31. The number of hydrogen-bond donors (Lipinski definition) is 3. The second-order valence-electron chi connectivity index (χ2n) is 6.50. The Balaban J connectivity index is 1.81. The van der Waals surface area contributed by atoms with E-state index < -0.39 is 12.4 Å². The molecule has 6 nitrogen and oxygen atoms in total. The van der Waals surface area contributed by atoms with Gasteiger partial charge in [0.2, 0.25) is 0 Å². The van der Waals surface area contributed by atoms with Crippen LogP contribution in [-0.2, 0) is 13.1 Å². The van der Waals surface area contributed by atoms with Crippen molar-refractivity contribution in [1.29, 1.82) is 0 Å². The van der Waals surface area contributed by atoms with E-state index in [1.807, 2.05) is 6.92 Å². The normalized spacial score (nSPS) is 10.9. The number of alkyl halides is 3. The van der Waals surface area contributed by atoms with Crippen molar-refractivity contribution in [1.82, 2.24) is 16.0 Å². The molecule has 2 rings (SSSR count). The van der Waals surface area contributed by atoms with Crippen LogP contribution in [0.25, 0.3) is 0 Å². The molecule has 3 amide bonds. The number of ether oxygens (including phenoxy) is 1. The molecule has 162 valence electrons. The van der Waals surface area contributed by atoms with Crippen molar-refractivity contribution in [2.75, 3.05) is 6.54 Å². The van der Waals surface area contributed by atoms with Crippen LogP contribution in [0.5, 0.6) is 5.75 Å². The molecule has 0 unspecified atom stereocenters. The number of hydrogen-bond acceptors (Lipinski definition) is 3. The van der Waals surface area contributed by atoms with Gasteiger partial charge >= 0.3 is 12.4 Å². The number of carbonyl (C=O) groups is 2. The highest BCUT2D eigenvalue weighted by atomic mass is 19.4. The van der Waals surface area contributed by atoms with E-state index >= 15 is 0 Å². The van der Waals surface area contributed by atoms with E-state index in [0.717, 1.165) is 18.4 Å². The van der Waals surface area contributed by atoms with Gasteiger partial charge in [0.05, 0.1) is 0 Å². The average Bonchev–Trinajstić information content (AvgIpc) is 2.71. The van der Waals surface area contributed by atoms with E-state index in [4.69, 9.17) is 0 Å². The zero-order valence-electron chi connectivity index (χ0n) is 16.5. The van der Waals surface area contributed by atoms with Crippen molar-refractivity contribution in [3.63, 3.8) is 0 Å². The monoisotopic (exact) mass is 423 g/mol. The van der Waals surface area contributed by atoms with Crippen LogP contribution in [0, 0.1) is 0 Å². The number of urea groups is 1. The molecule has 0 bridgehead atoms. The van der Waals surface area contributed by atoms with Gasteiger partial charge < -0.3 is 20.7 Å². The van der Waals surface area contributed by atoms with Crippen LogP contribution in [0.4, 0.5) is 18.0 Å². The SMILES string of the molecule is CCCCNC(=O)c1ccc(CNC(=O)NCc2ccccc2OC(F)(F)F)cc1.